The van der Waals surface area contributed by atoms with Gasteiger partial charge in [0.25, 0.3) is 0 Å². The third-order valence-electron chi connectivity index (χ3n) is 0.848. The maximum Gasteiger partial charge on any atom is 0.331 e. The maximum absolute atomic E-state index is 10.4. The highest BCUT2D eigenvalue weighted by Crippen LogP contribution is 1.90. The first-order valence-electron chi connectivity index (χ1n) is 2.90. The van der Waals surface area contributed by atoms with Crippen LogP contribution < -0.4 is 5.73 Å². The summed E-state index contributed by atoms with van der Waals surface area (Å²) < 4.78 is 4.50. The standard InChI is InChI=1S/C6H11NO3/c1-2-6(9)10-5(7)3-4-8/h2,5,8H,1,3-4,7H2. The lowest BCUT2D eigenvalue weighted by Gasteiger charge is -2.08. The molecule has 0 aliphatic carbocycles. The summed E-state index contributed by atoms with van der Waals surface area (Å²) in [7, 11) is 0. The van der Waals surface area contributed by atoms with Gasteiger partial charge in [-0.15, -0.1) is 0 Å². The number of rotatable bonds is 4. The number of aliphatic hydroxyl groups is 1. The van der Waals surface area contributed by atoms with Gasteiger partial charge >= 0.3 is 5.97 Å². The topological polar surface area (TPSA) is 72.5 Å². The van der Waals surface area contributed by atoms with Gasteiger partial charge in [0, 0.05) is 19.1 Å². The highest BCUT2D eigenvalue weighted by atomic mass is 16.6. The van der Waals surface area contributed by atoms with Crippen molar-refractivity contribution >= 4 is 5.97 Å². The summed E-state index contributed by atoms with van der Waals surface area (Å²) in [4.78, 5) is 10.4. The molecule has 1 atom stereocenters. The Hall–Kier alpha value is -0.870. The van der Waals surface area contributed by atoms with Crippen molar-refractivity contribution in [1.29, 1.82) is 0 Å². The molecule has 0 aromatic carbocycles. The van der Waals surface area contributed by atoms with E-state index in [4.69, 9.17) is 10.8 Å². The minimum atomic E-state index is -0.726. The van der Waals surface area contributed by atoms with E-state index < -0.39 is 12.2 Å². The van der Waals surface area contributed by atoms with Crippen LogP contribution in [0.4, 0.5) is 0 Å². The van der Waals surface area contributed by atoms with Gasteiger partial charge in [-0.1, -0.05) is 6.58 Å². The van der Waals surface area contributed by atoms with E-state index in [9.17, 15) is 4.79 Å². The van der Waals surface area contributed by atoms with Crippen molar-refractivity contribution < 1.29 is 14.6 Å². The monoisotopic (exact) mass is 145 g/mol. The van der Waals surface area contributed by atoms with Crippen molar-refractivity contribution in [3.8, 4) is 0 Å². The fourth-order valence-corrected chi connectivity index (χ4v) is 0.383. The van der Waals surface area contributed by atoms with Crippen LogP contribution in [0.1, 0.15) is 6.42 Å². The van der Waals surface area contributed by atoms with Crippen LogP contribution in [0.3, 0.4) is 0 Å². The summed E-state index contributed by atoms with van der Waals surface area (Å²) in [6.07, 6.45) is 0.548. The van der Waals surface area contributed by atoms with Crippen molar-refractivity contribution in [2.24, 2.45) is 5.73 Å². The van der Waals surface area contributed by atoms with Crippen molar-refractivity contribution in [2.45, 2.75) is 12.6 Å². The van der Waals surface area contributed by atoms with Crippen molar-refractivity contribution in [1.82, 2.24) is 0 Å². The van der Waals surface area contributed by atoms with Gasteiger partial charge in [0.05, 0.1) is 0 Å². The van der Waals surface area contributed by atoms with E-state index in [1.165, 1.54) is 0 Å². The molecule has 3 N–H and O–H groups in total. The van der Waals surface area contributed by atoms with Gasteiger partial charge < -0.3 is 9.84 Å². The molecule has 0 spiro atoms. The van der Waals surface area contributed by atoms with Crippen LogP contribution in [-0.2, 0) is 9.53 Å². The fraction of sp³-hybridized carbons (Fsp3) is 0.500. The van der Waals surface area contributed by atoms with Gasteiger partial charge in [-0.25, -0.2) is 4.79 Å². The molecular weight excluding hydrogens is 134 g/mol. The largest absolute Gasteiger partial charge is 0.444 e. The smallest absolute Gasteiger partial charge is 0.331 e. The van der Waals surface area contributed by atoms with E-state index >= 15 is 0 Å². The van der Waals surface area contributed by atoms with Gasteiger partial charge in [0.15, 0.2) is 6.23 Å². The molecular formula is C6H11NO3. The normalized spacial score (nSPS) is 12.2. The molecule has 0 heterocycles. The van der Waals surface area contributed by atoms with E-state index in [0.717, 1.165) is 6.08 Å². The Labute approximate surface area is 59.3 Å². The van der Waals surface area contributed by atoms with Crippen LogP contribution in [0, 0.1) is 0 Å². The molecule has 0 saturated heterocycles. The highest BCUT2D eigenvalue weighted by molar-refractivity contribution is 5.81. The highest BCUT2D eigenvalue weighted by Gasteiger charge is 2.04. The number of aliphatic hydroxyl groups excluding tert-OH is 1. The number of esters is 1. The number of hydrogen-bond acceptors (Lipinski definition) is 4. The summed E-state index contributed by atoms with van der Waals surface area (Å²) in [5, 5.41) is 8.33. The Morgan fingerprint density at radius 3 is 2.90 bits per heavy atom. The summed E-state index contributed by atoms with van der Waals surface area (Å²) in [5.74, 6) is -0.569. The van der Waals surface area contributed by atoms with Crippen molar-refractivity contribution in [2.75, 3.05) is 6.61 Å². The summed E-state index contributed by atoms with van der Waals surface area (Å²) in [6.45, 7) is 3.09. The molecule has 10 heavy (non-hydrogen) atoms. The van der Waals surface area contributed by atoms with E-state index in [1.807, 2.05) is 0 Å². The molecule has 4 heteroatoms. The molecule has 1 unspecified atom stereocenters. The maximum atomic E-state index is 10.4. The average Bonchev–Trinajstić information content (AvgIpc) is 1.88. The molecule has 0 radical (unpaired) electrons. The van der Waals surface area contributed by atoms with Gasteiger partial charge in [0.1, 0.15) is 0 Å². The summed E-state index contributed by atoms with van der Waals surface area (Å²) >= 11 is 0. The average molecular weight is 145 g/mol. The molecule has 0 aromatic rings. The first-order chi connectivity index (χ1) is 4.70. The second-order valence-corrected chi connectivity index (χ2v) is 1.69. The zero-order valence-electron chi connectivity index (χ0n) is 5.62. The first-order valence-corrected chi connectivity index (χ1v) is 2.90. The third-order valence-corrected chi connectivity index (χ3v) is 0.848. The van der Waals surface area contributed by atoms with Gasteiger partial charge in [0.2, 0.25) is 0 Å². The Bertz CT molecular complexity index is 124. The molecule has 4 nitrogen and oxygen atoms in total. The lowest BCUT2D eigenvalue weighted by Crippen LogP contribution is -2.27. The zero-order chi connectivity index (χ0) is 7.98. The van der Waals surface area contributed by atoms with Crippen LogP contribution in [0.5, 0.6) is 0 Å². The number of nitrogens with two attached hydrogens (primary N) is 1. The van der Waals surface area contributed by atoms with Crippen LogP contribution in [0.25, 0.3) is 0 Å². The number of carbonyl (C=O) groups excluding carboxylic acids is 1. The van der Waals surface area contributed by atoms with E-state index in [2.05, 4.69) is 11.3 Å². The van der Waals surface area contributed by atoms with Crippen LogP contribution in [0.15, 0.2) is 12.7 Å². The molecule has 0 saturated carbocycles. The molecule has 0 aromatic heterocycles. The second-order valence-electron chi connectivity index (χ2n) is 1.69. The number of hydrogen-bond donors (Lipinski definition) is 2. The molecule has 58 valence electrons. The summed E-state index contributed by atoms with van der Waals surface area (Å²) in [5.41, 5.74) is 5.21. The van der Waals surface area contributed by atoms with Gasteiger partial charge in [-0.05, 0) is 0 Å². The minimum Gasteiger partial charge on any atom is -0.444 e. The number of ether oxygens (including phenoxy) is 1. The Morgan fingerprint density at radius 2 is 2.50 bits per heavy atom. The zero-order valence-corrected chi connectivity index (χ0v) is 5.62. The van der Waals surface area contributed by atoms with E-state index in [1.54, 1.807) is 0 Å². The van der Waals surface area contributed by atoms with E-state index in [-0.39, 0.29) is 13.0 Å². The molecule has 0 bridgehead atoms. The van der Waals surface area contributed by atoms with Gasteiger partial charge in [-0.3, -0.25) is 5.73 Å². The fourth-order valence-electron chi connectivity index (χ4n) is 0.383. The SMILES string of the molecule is C=CC(=O)OC(N)CCO. The van der Waals surface area contributed by atoms with Crippen molar-refractivity contribution in [3.63, 3.8) is 0 Å². The molecule has 0 amide bonds. The molecule has 0 aliphatic heterocycles. The van der Waals surface area contributed by atoms with Gasteiger partial charge in [-0.2, -0.15) is 0 Å². The molecule has 0 aliphatic rings. The third kappa shape index (κ3) is 4.05. The lowest BCUT2D eigenvalue weighted by molar-refractivity contribution is -0.143. The van der Waals surface area contributed by atoms with Crippen LogP contribution in [0.2, 0.25) is 0 Å². The Morgan fingerprint density at radius 1 is 1.90 bits per heavy atom. The molecule has 0 fully saturated rings. The number of carbonyl (C=O) groups is 1. The van der Waals surface area contributed by atoms with E-state index in [0.29, 0.717) is 0 Å². The van der Waals surface area contributed by atoms with Crippen LogP contribution in [-0.4, -0.2) is 23.9 Å². The second kappa shape index (κ2) is 4.96. The Balaban J connectivity index is 3.46. The first kappa shape index (κ1) is 9.13. The van der Waals surface area contributed by atoms with Crippen molar-refractivity contribution in [3.05, 3.63) is 12.7 Å². The lowest BCUT2D eigenvalue weighted by atomic mass is 10.4. The molecule has 0 rings (SSSR count). The van der Waals surface area contributed by atoms with Crippen LogP contribution >= 0.6 is 0 Å². The predicted octanol–water partition coefficient (Wildman–Crippen LogP) is -0.617. The Kier molecular flexibility index (Phi) is 4.53. The summed E-state index contributed by atoms with van der Waals surface area (Å²) in [6, 6.07) is 0. The predicted molar refractivity (Wildman–Crippen MR) is 36.0 cm³/mol. The quantitative estimate of drug-likeness (QED) is 0.314. The minimum absolute atomic E-state index is 0.0917.